The predicted molar refractivity (Wildman–Crippen MR) is 118 cm³/mol. The highest BCUT2D eigenvalue weighted by molar-refractivity contribution is 5.79. The van der Waals surface area contributed by atoms with Gasteiger partial charge in [-0.25, -0.2) is 0 Å². The Balaban J connectivity index is 1.85. The van der Waals surface area contributed by atoms with Gasteiger partial charge in [0.05, 0.1) is 0 Å². The second kappa shape index (κ2) is 10.7. The molecule has 28 heavy (non-hydrogen) atoms. The zero-order valence-electron chi connectivity index (χ0n) is 17.8. The van der Waals surface area contributed by atoms with Gasteiger partial charge >= 0.3 is 0 Å². The van der Waals surface area contributed by atoms with Crippen molar-refractivity contribution in [3.8, 4) is 5.75 Å². The first kappa shape index (κ1) is 21.8. The molecule has 0 saturated heterocycles. The summed E-state index contributed by atoms with van der Waals surface area (Å²) in [5.74, 6) is 1.69. The molecule has 0 bridgehead atoms. The van der Waals surface area contributed by atoms with Crippen molar-refractivity contribution < 1.29 is 4.74 Å². The van der Waals surface area contributed by atoms with Gasteiger partial charge in [0.1, 0.15) is 12.4 Å². The van der Waals surface area contributed by atoms with Crippen LogP contribution in [0.2, 0.25) is 0 Å². The van der Waals surface area contributed by atoms with Gasteiger partial charge in [-0.2, -0.15) is 0 Å². The van der Waals surface area contributed by atoms with Crippen LogP contribution < -0.4 is 15.4 Å². The third kappa shape index (κ3) is 7.24. The Morgan fingerprint density at radius 3 is 2.46 bits per heavy atom. The summed E-state index contributed by atoms with van der Waals surface area (Å²) in [4.78, 5) is 6.46. The van der Waals surface area contributed by atoms with Crippen molar-refractivity contribution in [2.75, 3.05) is 40.8 Å². The third-order valence-corrected chi connectivity index (χ3v) is 4.64. The zero-order valence-corrected chi connectivity index (χ0v) is 17.8. The molecule has 0 unspecified atom stereocenters. The minimum absolute atomic E-state index is 0.0130. The first-order chi connectivity index (χ1) is 13.4. The molecule has 5 heteroatoms. The largest absolute Gasteiger partial charge is 0.492 e. The molecule has 2 rings (SSSR count). The molecule has 0 aliphatic carbocycles. The van der Waals surface area contributed by atoms with Crippen molar-refractivity contribution >= 4 is 5.96 Å². The summed E-state index contributed by atoms with van der Waals surface area (Å²) in [6.07, 6.45) is 0. The van der Waals surface area contributed by atoms with Crippen LogP contribution in [0.15, 0.2) is 59.6 Å². The van der Waals surface area contributed by atoms with E-state index < -0.39 is 0 Å². The summed E-state index contributed by atoms with van der Waals surface area (Å²) < 4.78 is 5.82. The summed E-state index contributed by atoms with van der Waals surface area (Å²) in [6, 6.07) is 18.7. The fraction of sp³-hybridized carbons (Fsp3) is 0.435. The molecule has 2 aromatic carbocycles. The second-order valence-corrected chi connectivity index (χ2v) is 7.83. The summed E-state index contributed by atoms with van der Waals surface area (Å²) in [5, 5.41) is 6.83. The van der Waals surface area contributed by atoms with Crippen LogP contribution in [0.3, 0.4) is 0 Å². The average Bonchev–Trinajstić information content (AvgIpc) is 2.69. The average molecular weight is 383 g/mol. The molecule has 2 aromatic rings. The van der Waals surface area contributed by atoms with Crippen molar-refractivity contribution in [2.24, 2.45) is 4.99 Å². The monoisotopic (exact) mass is 382 g/mol. The lowest BCUT2D eigenvalue weighted by Gasteiger charge is -2.26. The van der Waals surface area contributed by atoms with Crippen molar-refractivity contribution in [3.63, 3.8) is 0 Å². The van der Waals surface area contributed by atoms with Crippen LogP contribution in [0.25, 0.3) is 0 Å². The fourth-order valence-electron chi connectivity index (χ4n) is 2.79. The summed E-state index contributed by atoms with van der Waals surface area (Å²) >= 11 is 0. The van der Waals surface area contributed by atoms with Gasteiger partial charge in [-0.05, 0) is 37.4 Å². The molecular weight excluding hydrogens is 348 g/mol. The van der Waals surface area contributed by atoms with E-state index in [2.05, 4.69) is 70.8 Å². The Morgan fingerprint density at radius 2 is 1.79 bits per heavy atom. The van der Waals surface area contributed by atoms with Crippen LogP contribution in [0, 0.1) is 0 Å². The number of aliphatic imine (C=N–C) groups is 1. The Kier molecular flexibility index (Phi) is 8.33. The molecule has 0 saturated carbocycles. The number of likely N-dealkylation sites (N-methyl/N-ethyl adjacent to an activating group) is 1. The van der Waals surface area contributed by atoms with Gasteiger partial charge in [0.25, 0.3) is 0 Å². The number of hydrogen-bond donors (Lipinski definition) is 2. The van der Waals surface area contributed by atoms with E-state index in [0.717, 1.165) is 30.4 Å². The molecule has 0 atom stereocenters. The molecule has 0 fully saturated rings. The standard InChI is InChI=1S/C23H34N4O/c1-23(2,20-11-7-6-8-12-20)18-26-22(24-3)25-17-19-10-9-13-21(16-19)28-15-14-27(4)5/h6-13,16H,14-15,17-18H2,1-5H3,(H2,24,25,26). The molecule has 152 valence electrons. The number of hydrogen-bond acceptors (Lipinski definition) is 3. The normalized spacial score (nSPS) is 12.1. The zero-order chi connectivity index (χ0) is 20.4. The van der Waals surface area contributed by atoms with E-state index in [1.807, 2.05) is 32.3 Å². The third-order valence-electron chi connectivity index (χ3n) is 4.64. The molecule has 0 aliphatic rings. The lowest BCUT2D eigenvalue weighted by molar-refractivity contribution is 0.261. The number of nitrogens with one attached hydrogen (secondary N) is 2. The molecule has 2 N–H and O–H groups in total. The highest BCUT2D eigenvalue weighted by Gasteiger charge is 2.20. The molecule has 0 aromatic heterocycles. The van der Waals surface area contributed by atoms with Crippen molar-refractivity contribution in [1.82, 2.24) is 15.5 Å². The highest BCUT2D eigenvalue weighted by Crippen LogP contribution is 2.21. The topological polar surface area (TPSA) is 48.9 Å². The summed E-state index contributed by atoms with van der Waals surface area (Å²) in [7, 11) is 5.88. The van der Waals surface area contributed by atoms with E-state index in [-0.39, 0.29) is 5.41 Å². The highest BCUT2D eigenvalue weighted by atomic mass is 16.5. The Labute approximate surface area is 169 Å². The second-order valence-electron chi connectivity index (χ2n) is 7.83. The molecule has 0 aliphatic heterocycles. The predicted octanol–water partition coefficient (Wildman–Crippen LogP) is 3.27. The van der Waals surface area contributed by atoms with Crippen molar-refractivity contribution in [3.05, 3.63) is 65.7 Å². The van der Waals surface area contributed by atoms with Gasteiger partial charge < -0.3 is 20.3 Å². The van der Waals surface area contributed by atoms with Crippen molar-refractivity contribution in [2.45, 2.75) is 25.8 Å². The number of nitrogens with zero attached hydrogens (tertiary/aromatic N) is 2. The van der Waals surface area contributed by atoms with Crippen LogP contribution in [-0.2, 0) is 12.0 Å². The van der Waals surface area contributed by atoms with E-state index in [4.69, 9.17) is 4.74 Å². The first-order valence-corrected chi connectivity index (χ1v) is 9.77. The number of benzene rings is 2. The Morgan fingerprint density at radius 1 is 1.04 bits per heavy atom. The number of ether oxygens (including phenoxy) is 1. The minimum Gasteiger partial charge on any atom is -0.492 e. The van der Waals surface area contributed by atoms with Crippen molar-refractivity contribution in [1.29, 1.82) is 0 Å². The maximum Gasteiger partial charge on any atom is 0.191 e. The van der Waals surface area contributed by atoms with Crippen LogP contribution in [-0.4, -0.2) is 51.7 Å². The minimum atomic E-state index is 0.0130. The molecule has 0 amide bonds. The van der Waals surface area contributed by atoms with Gasteiger partial charge in [0.2, 0.25) is 0 Å². The summed E-state index contributed by atoms with van der Waals surface area (Å²) in [5.41, 5.74) is 2.48. The molecule has 0 spiro atoms. The lowest BCUT2D eigenvalue weighted by Crippen LogP contribution is -2.43. The van der Waals surface area contributed by atoms with Gasteiger partial charge in [-0.15, -0.1) is 0 Å². The van der Waals surface area contributed by atoms with Crippen LogP contribution in [0.5, 0.6) is 5.75 Å². The molecule has 5 nitrogen and oxygen atoms in total. The van der Waals surface area contributed by atoms with Gasteiger partial charge in [0, 0.05) is 32.1 Å². The molecular formula is C23H34N4O. The van der Waals surface area contributed by atoms with E-state index in [0.29, 0.717) is 13.2 Å². The SMILES string of the molecule is CN=C(NCc1cccc(OCCN(C)C)c1)NCC(C)(C)c1ccccc1. The van der Waals surface area contributed by atoms with E-state index in [9.17, 15) is 0 Å². The maximum absolute atomic E-state index is 5.82. The molecule has 0 radical (unpaired) electrons. The molecule has 0 heterocycles. The lowest BCUT2D eigenvalue weighted by atomic mass is 9.85. The number of rotatable bonds is 9. The van der Waals surface area contributed by atoms with Crippen LogP contribution in [0.4, 0.5) is 0 Å². The smallest absolute Gasteiger partial charge is 0.191 e. The van der Waals surface area contributed by atoms with E-state index in [1.165, 1.54) is 5.56 Å². The van der Waals surface area contributed by atoms with E-state index >= 15 is 0 Å². The van der Waals surface area contributed by atoms with Gasteiger partial charge in [-0.3, -0.25) is 4.99 Å². The first-order valence-electron chi connectivity index (χ1n) is 9.77. The number of guanidine groups is 1. The Hall–Kier alpha value is -2.53. The maximum atomic E-state index is 5.82. The fourth-order valence-corrected chi connectivity index (χ4v) is 2.79. The quantitative estimate of drug-likeness (QED) is 0.516. The van der Waals surface area contributed by atoms with Gasteiger partial charge in [0.15, 0.2) is 5.96 Å². The van der Waals surface area contributed by atoms with Crippen LogP contribution >= 0.6 is 0 Å². The van der Waals surface area contributed by atoms with Gasteiger partial charge in [-0.1, -0.05) is 56.3 Å². The van der Waals surface area contributed by atoms with Crippen LogP contribution in [0.1, 0.15) is 25.0 Å². The van der Waals surface area contributed by atoms with E-state index in [1.54, 1.807) is 7.05 Å². The summed E-state index contributed by atoms with van der Waals surface area (Å²) in [6.45, 7) is 7.53. The Bertz CT molecular complexity index is 741.